The third-order valence-corrected chi connectivity index (χ3v) is 4.50. The maximum absolute atomic E-state index is 12.5. The van der Waals surface area contributed by atoms with Gasteiger partial charge in [-0.2, -0.15) is 0 Å². The molecule has 0 aliphatic carbocycles. The van der Waals surface area contributed by atoms with E-state index >= 15 is 0 Å². The maximum Gasteiger partial charge on any atom is 0.356 e. The Bertz CT molecular complexity index is 876. The van der Waals surface area contributed by atoms with Crippen molar-refractivity contribution in [2.45, 2.75) is 6.42 Å². The number of aromatic nitrogens is 2. The molecule has 0 saturated carbocycles. The molecule has 1 aliphatic heterocycles. The summed E-state index contributed by atoms with van der Waals surface area (Å²) in [6.07, 6.45) is 2.49. The lowest BCUT2D eigenvalue weighted by Gasteiger charge is -2.34. The number of methoxy groups -OCH3 is 1. The number of amides is 2. The molecule has 9 nitrogen and oxygen atoms in total. The van der Waals surface area contributed by atoms with E-state index < -0.39 is 5.97 Å². The van der Waals surface area contributed by atoms with Crippen LogP contribution < -0.4 is 4.74 Å². The second kappa shape index (κ2) is 8.47. The highest BCUT2D eigenvalue weighted by molar-refractivity contribution is 5.93. The van der Waals surface area contributed by atoms with E-state index in [1.165, 1.54) is 0 Å². The SMILES string of the molecule is COc1cccc(CC(=O)N2CCN(C(=O)c3cnc(C(=O)O)cn3)CC2)c1. The molecule has 2 amide bonds. The molecule has 0 bridgehead atoms. The zero-order chi connectivity index (χ0) is 20.1. The predicted octanol–water partition coefficient (Wildman–Crippen LogP) is 0.711. The molecule has 0 spiro atoms. The van der Waals surface area contributed by atoms with Gasteiger partial charge in [-0.1, -0.05) is 12.1 Å². The van der Waals surface area contributed by atoms with Crippen LogP contribution in [0.25, 0.3) is 0 Å². The monoisotopic (exact) mass is 384 g/mol. The van der Waals surface area contributed by atoms with Gasteiger partial charge in [0, 0.05) is 26.2 Å². The highest BCUT2D eigenvalue weighted by Crippen LogP contribution is 2.15. The topological polar surface area (TPSA) is 113 Å². The van der Waals surface area contributed by atoms with Crippen molar-refractivity contribution in [1.82, 2.24) is 19.8 Å². The Balaban J connectivity index is 1.55. The van der Waals surface area contributed by atoms with Gasteiger partial charge in [-0.25, -0.2) is 14.8 Å². The Morgan fingerprint density at radius 2 is 1.68 bits per heavy atom. The lowest BCUT2D eigenvalue weighted by Crippen LogP contribution is -2.51. The van der Waals surface area contributed by atoms with Gasteiger partial charge in [0.15, 0.2) is 5.69 Å². The van der Waals surface area contributed by atoms with E-state index in [0.29, 0.717) is 31.9 Å². The first-order chi connectivity index (χ1) is 13.5. The molecule has 9 heteroatoms. The summed E-state index contributed by atoms with van der Waals surface area (Å²) < 4.78 is 5.17. The van der Waals surface area contributed by atoms with Gasteiger partial charge in [0.05, 0.1) is 25.9 Å². The number of hydrogen-bond acceptors (Lipinski definition) is 6. The fourth-order valence-corrected chi connectivity index (χ4v) is 2.94. The largest absolute Gasteiger partial charge is 0.497 e. The summed E-state index contributed by atoms with van der Waals surface area (Å²) in [4.78, 5) is 46.7. The van der Waals surface area contributed by atoms with Crippen molar-refractivity contribution in [3.63, 3.8) is 0 Å². The summed E-state index contributed by atoms with van der Waals surface area (Å²) in [5.74, 6) is -0.833. The average molecular weight is 384 g/mol. The number of carboxylic acid groups (broad SMARTS) is 1. The maximum atomic E-state index is 12.5. The summed E-state index contributed by atoms with van der Waals surface area (Å²) in [5, 5.41) is 8.84. The van der Waals surface area contributed by atoms with Crippen molar-refractivity contribution in [2.75, 3.05) is 33.3 Å². The lowest BCUT2D eigenvalue weighted by atomic mass is 10.1. The quantitative estimate of drug-likeness (QED) is 0.808. The number of benzene rings is 1. The van der Waals surface area contributed by atoms with E-state index in [0.717, 1.165) is 18.0 Å². The smallest absolute Gasteiger partial charge is 0.356 e. The van der Waals surface area contributed by atoms with Crippen LogP contribution in [-0.2, 0) is 11.2 Å². The van der Waals surface area contributed by atoms with E-state index in [2.05, 4.69) is 9.97 Å². The van der Waals surface area contributed by atoms with Crippen LogP contribution in [0.1, 0.15) is 26.5 Å². The van der Waals surface area contributed by atoms with E-state index in [1.807, 2.05) is 24.3 Å². The normalized spacial score (nSPS) is 13.9. The van der Waals surface area contributed by atoms with Gasteiger partial charge in [0.25, 0.3) is 5.91 Å². The Morgan fingerprint density at radius 3 is 2.29 bits per heavy atom. The highest BCUT2D eigenvalue weighted by atomic mass is 16.5. The fourth-order valence-electron chi connectivity index (χ4n) is 2.94. The van der Waals surface area contributed by atoms with Gasteiger partial charge >= 0.3 is 5.97 Å². The van der Waals surface area contributed by atoms with Crippen LogP contribution in [0.15, 0.2) is 36.7 Å². The van der Waals surface area contributed by atoms with Crippen molar-refractivity contribution in [3.8, 4) is 5.75 Å². The van der Waals surface area contributed by atoms with Crippen molar-refractivity contribution >= 4 is 17.8 Å². The molecule has 1 aromatic heterocycles. The highest BCUT2D eigenvalue weighted by Gasteiger charge is 2.26. The molecular weight excluding hydrogens is 364 g/mol. The molecule has 1 saturated heterocycles. The van der Waals surface area contributed by atoms with Crippen LogP contribution in [0.2, 0.25) is 0 Å². The van der Waals surface area contributed by atoms with Crippen LogP contribution in [0.4, 0.5) is 0 Å². The molecular formula is C19H20N4O5. The minimum Gasteiger partial charge on any atom is -0.497 e. The molecule has 2 aromatic rings. The van der Waals surface area contributed by atoms with E-state index in [9.17, 15) is 14.4 Å². The Hall–Kier alpha value is -3.49. The van der Waals surface area contributed by atoms with Gasteiger partial charge < -0.3 is 19.6 Å². The Labute approximate surface area is 161 Å². The minimum atomic E-state index is -1.20. The van der Waals surface area contributed by atoms with Gasteiger partial charge in [-0.3, -0.25) is 9.59 Å². The summed E-state index contributed by atoms with van der Waals surface area (Å²) in [7, 11) is 1.58. The number of carboxylic acids is 1. The molecule has 1 aromatic carbocycles. The Morgan fingerprint density at radius 1 is 1.04 bits per heavy atom. The molecule has 0 atom stereocenters. The summed E-state index contributed by atoms with van der Waals surface area (Å²) in [5.41, 5.74) is 0.738. The van der Waals surface area contributed by atoms with E-state index in [4.69, 9.17) is 9.84 Å². The first kappa shape index (κ1) is 19.3. The van der Waals surface area contributed by atoms with Crippen LogP contribution in [0, 0.1) is 0 Å². The fraction of sp³-hybridized carbons (Fsp3) is 0.316. The number of rotatable bonds is 5. The Kier molecular flexibility index (Phi) is 5.83. The van der Waals surface area contributed by atoms with Gasteiger partial charge in [0.2, 0.25) is 5.91 Å². The van der Waals surface area contributed by atoms with Crippen LogP contribution >= 0.6 is 0 Å². The lowest BCUT2D eigenvalue weighted by molar-refractivity contribution is -0.131. The van der Waals surface area contributed by atoms with Crippen molar-refractivity contribution in [1.29, 1.82) is 0 Å². The number of ether oxygens (including phenoxy) is 1. The number of piperazine rings is 1. The van der Waals surface area contributed by atoms with Gasteiger partial charge in [-0.15, -0.1) is 0 Å². The van der Waals surface area contributed by atoms with Gasteiger partial charge in [0.1, 0.15) is 11.4 Å². The first-order valence-corrected chi connectivity index (χ1v) is 8.73. The molecule has 0 unspecified atom stereocenters. The number of hydrogen-bond donors (Lipinski definition) is 1. The van der Waals surface area contributed by atoms with Crippen LogP contribution in [-0.4, -0.2) is 75.9 Å². The zero-order valence-corrected chi connectivity index (χ0v) is 15.4. The van der Waals surface area contributed by atoms with E-state index in [1.54, 1.807) is 16.9 Å². The second-order valence-corrected chi connectivity index (χ2v) is 6.29. The molecule has 3 rings (SSSR count). The standard InChI is InChI=1S/C19H20N4O5/c1-28-14-4-2-3-13(9-14)10-17(24)22-5-7-23(8-6-22)18(25)15-11-21-16(12-20-15)19(26)27/h2-4,9,11-12H,5-8,10H2,1H3,(H,26,27). The summed E-state index contributed by atoms with van der Waals surface area (Å²) in [6, 6.07) is 7.37. The molecule has 1 fully saturated rings. The molecule has 1 N–H and O–H groups in total. The number of aromatic carboxylic acids is 1. The third-order valence-electron chi connectivity index (χ3n) is 4.50. The summed E-state index contributed by atoms with van der Waals surface area (Å²) in [6.45, 7) is 1.61. The van der Waals surface area contributed by atoms with Gasteiger partial charge in [-0.05, 0) is 17.7 Å². The van der Waals surface area contributed by atoms with Crippen LogP contribution in [0.3, 0.4) is 0 Å². The molecule has 1 aliphatic rings. The average Bonchev–Trinajstić information content (AvgIpc) is 2.73. The molecule has 146 valence electrons. The van der Waals surface area contributed by atoms with Crippen molar-refractivity contribution in [2.24, 2.45) is 0 Å². The summed E-state index contributed by atoms with van der Waals surface area (Å²) >= 11 is 0. The third kappa shape index (κ3) is 4.43. The molecule has 28 heavy (non-hydrogen) atoms. The number of nitrogens with zero attached hydrogens (tertiary/aromatic N) is 4. The number of carbonyl (C=O) groups is 3. The number of carbonyl (C=O) groups excluding carboxylic acids is 2. The second-order valence-electron chi connectivity index (χ2n) is 6.29. The van der Waals surface area contributed by atoms with Crippen LogP contribution in [0.5, 0.6) is 5.75 Å². The van der Waals surface area contributed by atoms with E-state index in [-0.39, 0.29) is 29.6 Å². The zero-order valence-electron chi connectivity index (χ0n) is 15.4. The first-order valence-electron chi connectivity index (χ1n) is 8.73. The molecule has 2 heterocycles. The molecule has 0 radical (unpaired) electrons. The predicted molar refractivity (Wildman–Crippen MR) is 98.2 cm³/mol. The van der Waals surface area contributed by atoms with Crippen molar-refractivity contribution < 1.29 is 24.2 Å². The minimum absolute atomic E-state index is 0.00838. The van der Waals surface area contributed by atoms with Crippen molar-refractivity contribution in [3.05, 3.63) is 53.6 Å².